The van der Waals surface area contributed by atoms with Crippen molar-refractivity contribution in [3.05, 3.63) is 0 Å². The monoisotopic (exact) mass is 558 g/mol. The molecule has 5 heteroatoms. The van der Waals surface area contributed by atoms with E-state index in [2.05, 4.69) is 52.8 Å². The van der Waals surface area contributed by atoms with Crippen molar-refractivity contribution in [2.45, 2.75) is 103 Å². The van der Waals surface area contributed by atoms with Gasteiger partial charge in [0.15, 0.2) is 0 Å². The van der Waals surface area contributed by atoms with E-state index in [-0.39, 0.29) is 0 Å². The highest BCUT2D eigenvalue weighted by Gasteiger charge is 2.31. The van der Waals surface area contributed by atoms with Crippen molar-refractivity contribution in [3.8, 4) is 0 Å². The molecule has 2 aliphatic rings. The molecule has 0 N–H and O–H groups in total. The molecule has 148 valence electrons. The maximum absolute atomic E-state index is 6.15. The summed E-state index contributed by atoms with van der Waals surface area (Å²) in [5.74, 6) is 3.09. The summed E-state index contributed by atoms with van der Waals surface area (Å²) in [7, 11) is 0. The summed E-state index contributed by atoms with van der Waals surface area (Å²) in [6.07, 6.45) is 19.0. The van der Waals surface area contributed by atoms with Gasteiger partial charge in [-0.25, -0.2) is 0 Å². The molecule has 0 atom stereocenters. The molecule has 2 rings (SSSR count). The van der Waals surface area contributed by atoms with Gasteiger partial charge in [-0.05, 0) is 68.7 Å². The molecule has 0 heterocycles. The van der Waals surface area contributed by atoms with Crippen molar-refractivity contribution in [1.29, 1.82) is 0 Å². The van der Waals surface area contributed by atoms with Gasteiger partial charge in [0.25, 0.3) is 3.93 Å². The van der Waals surface area contributed by atoms with Crippen molar-refractivity contribution in [1.82, 2.24) is 0 Å². The fourth-order valence-corrected chi connectivity index (χ4v) is 7.95. The first kappa shape index (κ1) is 22.9. The van der Waals surface area contributed by atoms with Crippen LogP contribution in [0.1, 0.15) is 90.4 Å². The maximum Gasteiger partial charge on any atom is 0.267 e. The van der Waals surface area contributed by atoms with Gasteiger partial charge < -0.3 is 4.74 Å². The van der Waals surface area contributed by atoms with Crippen LogP contribution in [0.25, 0.3) is 0 Å². The topological polar surface area (TPSA) is 9.23 Å². The van der Waals surface area contributed by atoms with Crippen molar-refractivity contribution in [3.63, 3.8) is 0 Å². The first-order chi connectivity index (χ1) is 12.0. The van der Waals surface area contributed by atoms with Crippen LogP contribution in [0.4, 0.5) is 0 Å². The summed E-state index contributed by atoms with van der Waals surface area (Å²) >= 11 is 11.1. The third kappa shape index (κ3) is 9.58. The van der Waals surface area contributed by atoms with Crippen molar-refractivity contribution < 1.29 is 4.74 Å². The van der Waals surface area contributed by atoms with Gasteiger partial charge in [0.1, 0.15) is 0 Å². The number of unbranched alkanes of at least 4 members (excludes halogenated alkanes) is 2. The van der Waals surface area contributed by atoms with Crippen LogP contribution in [-0.2, 0) is 4.74 Å². The van der Waals surface area contributed by atoms with E-state index < -0.39 is 3.93 Å². The van der Waals surface area contributed by atoms with Crippen LogP contribution < -0.4 is 0 Å². The van der Waals surface area contributed by atoms with Gasteiger partial charge in [0, 0.05) is 6.61 Å². The van der Waals surface area contributed by atoms with Gasteiger partial charge in [-0.3, -0.25) is 0 Å². The van der Waals surface area contributed by atoms with E-state index in [4.69, 9.17) is 4.74 Å². The second kappa shape index (κ2) is 12.2. The van der Waals surface area contributed by atoms with E-state index >= 15 is 0 Å². The number of halogens is 3. The SMILES string of the molecule is CCCCC[C@H]1CC[C@H]([C@H]2CC[C@H](OCCC[Si](Br)(Br)Br)CC2)CC1. The van der Waals surface area contributed by atoms with Crippen LogP contribution in [0.2, 0.25) is 6.04 Å². The first-order valence-corrected chi connectivity index (χ1v) is 19.6. The molecule has 2 saturated carbocycles. The Morgan fingerprint density at radius 3 is 1.96 bits per heavy atom. The Labute approximate surface area is 180 Å². The summed E-state index contributed by atoms with van der Waals surface area (Å²) in [5.41, 5.74) is 0. The largest absolute Gasteiger partial charge is 0.378 e. The predicted octanol–water partition coefficient (Wildman–Crippen LogP) is 8.46. The Kier molecular flexibility index (Phi) is 11.2. The summed E-state index contributed by atoms with van der Waals surface area (Å²) in [6, 6.07) is 1.17. The molecule has 0 unspecified atom stereocenters. The molecule has 1 nitrogen and oxygen atoms in total. The molecule has 0 aromatic rings. The van der Waals surface area contributed by atoms with Gasteiger partial charge >= 0.3 is 0 Å². The summed E-state index contributed by atoms with van der Waals surface area (Å²) in [6.45, 7) is 3.24. The molecule has 0 amide bonds. The molecule has 2 aliphatic carbocycles. The van der Waals surface area contributed by atoms with Gasteiger partial charge in [0.05, 0.1) is 6.10 Å². The molecular formula is C20H37Br3OSi. The van der Waals surface area contributed by atoms with Crippen LogP contribution in [-0.4, -0.2) is 16.6 Å². The zero-order valence-electron chi connectivity index (χ0n) is 16.0. The number of hydrogen-bond donors (Lipinski definition) is 0. The Morgan fingerprint density at radius 1 is 0.800 bits per heavy atom. The molecular weight excluding hydrogens is 524 g/mol. The highest BCUT2D eigenvalue weighted by Crippen LogP contribution is 2.41. The standard InChI is InChI=1S/C20H37Br3OSi/c1-2-3-4-6-17-7-9-18(10-8-17)19-11-13-20(14-12-19)24-15-5-16-25(21,22)23/h17-20H,2-16H2,1H3/t17-,18-,19-,20-. The number of ether oxygens (including phenoxy) is 1. The zero-order valence-corrected chi connectivity index (χ0v) is 21.7. The summed E-state index contributed by atoms with van der Waals surface area (Å²) in [4.78, 5) is 0. The normalized spacial score (nSPS) is 31.2. The van der Waals surface area contributed by atoms with Crippen LogP contribution in [0.5, 0.6) is 0 Å². The highest BCUT2D eigenvalue weighted by atomic mass is 80.0. The molecule has 25 heavy (non-hydrogen) atoms. The van der Waals surface area contributed by atoms with E-state index in [1.54, 1.807) is 0 Å². The predicted molar refractivity (Wildman–Crippen MR) is 123 cm³/mol. The average Bonchev–Trinajstić information content (AvgIpc) is 2.59. The zero-order chi connectivity index (χ0) is 18.1. The lowest BCUT2D eigenvalue weighted by Crippen LogP contribution is -2.29. The lowest BCUT2D eigenvalue weighted by atomic mass is 9.70. The number of rotatable bonds is 10. The minimum absolute atomic E-state index is 0.540. The molecule has 0 radical (unpaired) electrons. The third-order valence-corrected chi connectivity index (χ3v) is 10.9. The molecule has 0 bridgehead atoms. The van der Waals surface area contributed by atoms with Gasteiger partial charge in [-0.15, -0.1) is 0 Å². The van der Waals surface area contributed by atoms with E-state index in [0.29, 0.717) is 6.10 Å². The summed E-state index contributed by atoms with van der Waals surface area (Å²) in [5, 5.41) is 0. The molecule has 0 saturated heterocycles. The fourth-order valence-electron chi connectivity index (χ4n) is 4.88. The molecule has 0 aliphatic heterocycles. The minimum Gasteiger partial charge on any atom is -0.378 e. The van der Waals surface area contributed by atoms with Crippen LogP contribution in [0.3, 0.4) is 0 Å². The van der Waals surface area contributed by atoms with Gasteiger partial charge in [-0.2, -0.15) is 0 Å². The van der Waals surface area contributed by atoms with E-state index in [1.165, 1.54) is 83.1 Å². The molecule has 0 aromatic heterocycles. The lowest BCUT2D eigenvalue weighted by molar-refractivity contribution is 0.00728. The van der Waals surface area contributed by atoms with Crippen molar-refractivity contribution in [2.24, 2.45) is 17.8 Å². The van der Waals surface area contributed by atoms with Crippen LogP contribution in [0.15, 0.2) is 0 Å². The maximum atomic E-state index is 6.15. The first-order valence-electron chi connectivity index (χ1n) is 10.7. The quantitative estimate of drug-likeness (QED) is 0.148. The van der Waals surface area contributed by atoms with Gasteiger partial charge in [0.2, 0.25) is 0 Å². The van der Waals surface area contributed by atoms with Crippen molar-refractivity contribution in [2.75, 3.05) is 6.61 Å². The van der Waals surface area contributed by atoms with Gasteiger partial charge in [-0.1, -0.05) is 91.3 Å². The second-order valence-electron chi connectivity index (χ2n) is 8.40. The molecule has 0 aromatic carbocycles. The molecule has 2 fully saturated rings. The van der Waals surface area contributed by atoms with Crippen molar-refractivity contribution >= 4 is 49.8 Å². The van der Waals surface area contributed by atoms with E-state index in [9.17, 15) is 0 Å². The Balaban J connectivity index is 1.55. The third-order valence-electron chi connectivity index (χ3n) is 6.45. The number of hydrogen-bond acceptors (Lipinski definition) is 1. The average molecular weight is 561 g/mol. The highest BCUT2D eigenvalue weighted by molar-refractivity contribution is 9.72. The second-order valence-corrected chi connectivity index (χ2v) is 31.9. The van der Waals surface area contributed by atoms with E-state index in [0.717, 1.165) is 30.8 Å². The van der Waals surface area contributed by atoms with Crippen LogP contribution >= 0.6 is 45.9 Å². The lowest BCUT2D eigenvalue weighted by Gasteiger charge is -2.38. The summed E-state index contributed by atoms with van der Waals surface area (Å²) < 4.78 is 4.71. The Morgan fingerprint density at radius 2 is 1.40 bits per heavy atom. The Hall–Kier alpha value is 1.62. The molecule has 0 spiro atoms. The smallest absolute Gasteiger partial charge is 0.267 e. The Bertz CT molecular complexity index is 345. The van der Waals surface area contributed by atoms with Crippen LogP contribution in [0, 0.1) is 17.8 Å². The van der Waals surface area contributed by atoms with E-state index in [1.807, 2.05) is 0 Å². The minimum atomic E-state index is -1.44. The fraction of sp³-hybridized carbons (Fsp3) is 1.00.